The molecule has 1 rings (SSSR count). The highest BCUT2D eigenvalue weighted by atomic mass is 16.3. The first kappa shape index (κ1) is 15.3. The minimum atomic E-state index is 0.102. The lowest BCUT2D eigenvalue weighted by Gasteiger charge is -2.52. The SMILES string of the molecule is CCCC1(C(C)(C)C)CC=C(O)C=C1C(C)(C)C. The van der Waals surface area contributed by atoms with Gasteiger partial charge in [0.05, 0.1) is 0 Å². The van der Waals surface area contributed by atoms with Crippen LogP contribution in [0.25, 0.3) is 0 Å². The Bertz CT molecular complexity index is 360. The van der Waals surface area contributed by atoms with E-state index in [2.05, 4.69) is 48.5 Å². The van der Waals surface area contributed by atoms with Crippen molar-refractivity contribution in [3.05, 3.63) is 23.5 Å². The molecular formula is C17H30O. The topological polar surface area (TPSA) is 20.2 Å². The van der Waals surface area contributed by atoms with Gasteiger partial charge in [-0.1, -0.05) is 60.5 Å². The van der Waals surface area contributed by atoms with E-state index in [4.69, 9.17) is 0 Å². The summed E-state index contributed by atoms with van der Waals surface area (Å²) in [4.78, 5) is 0. The Labute approximate surface area is 113 Å². The van der Waals surface area contributed by atoms with Crippen molar-refractivity contribution in [2.24, 2.45) is 16.2 Å². The third-order valence-corrected chi connectivity index (χ3v) is 4.39. The molecule has 1 nitrogen and oxygen atoms in total. The molecule has 0 fully saturated rings. The molecule has 0 saturated carbocycles. The molecule has 1 N–H and O–H groups in total. The zero-order valence-corrected chi connectivity index (χ0v) is 13.2. The van der Waals surface area contributed by atoms with Crippen LogP contribution in [0.15, 0.2) is 23.5 Å². The van der Waals surface area contributed by atoms with Gasteiger partial charge in [-0.15, -0.1) is 0 Å². The Balaban J connectivity index is 3.39. The average molecular weight is 250 g/mol. The van der Waals surface area contributed by atoms with Crippen molar-refractivity contribution >= 4 is 0 Å². The summed E-state index contributed by atoms with van der Waals surface area (Å²) < 4.78 is 0. The minimum absolute atomic E-state index is 0.102. The van der Waals surface area contributed by atoms with Gasteiger partial charge in [0, 0.05) is 5.41 Å². The maximum absolute atomic E-state index is 9.89. The van der Waals surface area contributed by atoms with Crippen LogP contribution in [0, 0.1) is 16.2 Å². The van der Waals surface area contributed by atoms with Crippen LogP contribution in [0.5, 0.6) is 0 Å². The third kappa shape index (κ3) is 2.65. The van der Waals surface area contributed by atoms with Crippen molar-refractivity contribution in [2.45, 2.75) is 67.7 Å². The molecule has 1 atom stereocenters. The summed E-state index contributed by atoms with van der Waals surface area (Å²) in [5.41, 5.74) is 1.89. The summed E-state index contributed by atoms with van der Waals surface area (Å²) in [6.45, 7) is 16.0. The predicted molar refractivity (Wildman–Crippen MR) is 79.7 cm³/mol. The maximum atomic E-state index is 9.89. The van der Waals surface area contributed by atoms with E-state index in [1.54, 1.807) is 0 Å². The van der Waals surface area contributed by atoms with Gasteiger partial charge < -0.3 is 5.11 Å². The first-order valence-corrected chi connectivity index (χ1v) is 7.16. The Morgan fingerprint density at radius 3 is 2.11 bits per heavy atom. The minimum Gasteiger partial charge on any atom is -0.508 e. The average Bonchev–Trinajstić information content (AvgIpc) is 2.18. The van der Waals surface area contributed by atoms with E-state index < -0.39 is 0 Å². The molecule has 0 aliphatic heterocycles. The number of rotatable bonds is 2. The molecule has 0 heterocycles. The van der Waals surface area contributed by atoms with E-state index in [1.807, 2.05) is 12.2 Å². The van der Waals surface area contributed by atoms with Crippen LogP contribution in [0.4, 0.5) is 0 Å². The van der Waals surface area contributed by atoms with Crippen LogP contribution in [0.1, 0.15) is 67.7 Å². The largest absolute Gasteiger partial charge is 0.508 e. The molecule has 0 radical (unpaired) electrons. The first-order chi connectivity index (χ1) is 8.04. The Morgan fingerprint density at radius 2 is 1.72 bits per heavy atom. The van der Waals surface area contributed by atoms with Gasteiger partial charge in [-0.25, -0.2) is 0 Å². The molecule has 0 aromatic rings. The normalized spacial score (nSPS) is 25.7. The van der Waals surface area contributed by atoms with Crippen molar-refractivity contribution < 1.29 is 5.11 Å². The Morgan fingerprint density at radius 1 is 1.17 bits per heavy atom. The summed E-state index contributed by atoms with van der Waals surface area (Å²) in [6, 6.07) is 0. The molecule has 0 bridgehead atoms. The van der Waals surface area contributed by atoms with Crippen molar-refractivity contribution in [1.82, 2.24) is 0 Å². The molecule has 0 saturated heterocycles. The molecule has 104 valence electrons. The van der Waals surface area contributed by atoms with Gasteiger partial charge >= 0.3 is 0 Å². The lowest BCUT2D eigenvalue weighted by atomic mass is 9.53. The van der Waals surface area contributed by atoms with Crippen LogP contribution in [0.3, 0.4) is 0 Å². The van der Waals surface area contributed by atoms with Gasteiger partial charge in [0.15, 0.2) is 0 Å². The fourth-order valence-corrected chi connectivity index (χ4v) is 3.42. The van der Waals surface area contributed by atoms with E-state index in [0.717, 1.165) is 6.42 Å². The number of hydrogen-bond donors (Lipinski definition) is 1. The monoisotopic (exact) mass is 250 g/mol. The van der Waals surface area contributed by atoms with Gasteiger partial charge in [-0.05, 0) is 35.8 Å². The van der Waals surface area contributed by atoms with Gasteiger partial charge in [0.1, 0.15) is 5.76 Å². The fraction of sp³-hybridized carbons (Fsp3) is 0.765. The zero-order chi connectivity index (χ0) is 14.2. The van der Waals surface area contributed by atoms with Crippen molar-refractivity contribution in [3.63, 3.8) is 0 Å². The predicted octanol–water partition coefficient (Wildman–Crippen LogP) is 5.64. The first-order valence-electron chi connectivity index (χ1n) is 7.16. The highest BCUT2D eigenvalue weighted by Gasteiger charge is 2.47. The molecule has 1 heteroatoms. The van der Waals surface area contributed by atoms with Crippen LogP contribution < -0.4 is 0 Å². The Hall–Kier alpha value is -0.720. The number of aliphatic hydroxyl groups excluding tert-OH is 1. The van der Waals surface area contributed by atoms with Gasteiger partial charge in [0.25, 0.3) is 0 Å². The van der Waals surface area contributed by atoms with Crippen molar-refractivity contribution in [1.29, 1.82) is 0 Å². The Kier molecular flexibility index (Phi) is 4.05. The van der Waals surface area contributed by atoms with Crippen LogP contribution in [0.2, 0.25) is 0 Å². The van der Waals surface area contributed by atoms with E-state index in [-0.39, 0.29) is 16.2 Å². The lowest BCUT2D eigenvalue weighted by molar-refractivity contribution is 0.0901. The number of aliphatic hydroxyl groups is 1. The second-order valence-corrected chi connectivity index (χ2v) is 7.72. The highest BCUT2D eigenvalue weighted by molar-refractivity contribution is 5.35. The summed E-state index contributed by atoms with van der Waals surface area (Å²) >= 11 is 0. The van der Waals surface area contributed by atoms with E-state index in [9.17, 15) is 5.11 Å². The quantitative estimate of drug-likeness (QED) is 0.672. The van der Waals surface area contributed by atoms with E-state index >= 15 is 0 Å². The van der Waals surface area contributed by atoms with E-state index in [1.165, 1.54) is 18.4 Å². The molecule has 1 aliphatic carbocycles. The number of allylic oxidation sites excluding steroid dienone is 3. The van der Waals surface area contributed by atoms with E-state index in [0.29, 0.717) is 5.76 Å². The molecule has 1 aliphatic rings. The molecule has 0 aromatic heterocycles. The highest BCUT2D eigenvalue weighted by Crippen LogP contribution is 2.57. The van der Waals surface area contributed by atoms with Crippen molar-refractivity contribution in [3.8, 4) is 0 Å². The summed E-state index contributed by atoms with van der Waals surface area (Å²) in [6.07, 6.45) is 7.34. The molecular weight excluding hydrogens is 220 g/mol. The fourth-order valence-electron chi connectivity index (χ4n) is 3.42. The third-order valence-electron chi connectivity index (χ3n) is 4.39. The van der Waals surface area contributed by atoms with Crippen LogP contribution in [-0.4, -0.2) is 5.11 Å². The molecule has 0 aromatic carbocycles. The number of hydrogen-bond acceptors (Lipinski definition) is 1. The van der Waals surface area contributed by atoms with Gasteiger partial charge in [-0.2, -0.15) is 0 Å². The molecule has 0 spiro atoms. The zero-order valence-electron chi connectivity index (χ0n) is 13.2. The second kappa shape index (κ2) is 4.75. The standard InChI is InChI=1S/C17H30O/c1-8-10-17(16(5,6)7)11-9-13(18)12-14(17)15(2,3)4/h9,12,18H,8,10-11H2,1-7H3. The molecule has 1 unspecified atom stereocenters. The van der Waals surface area contributed by atoms with Crippen LogP contribution >= 0.6 is 0 Å². The van der Waals surface area contributed by atoms with Crippen molar-refractivity contribution in [2.75, 3.05) is 0 Å². The second-order valence-electron chi connectivity index (χ2n) is 7.72. The van der Waals surface area contributed by atoms with Gasteiger partial charge in [-0.3, -0.25) is 0 Å². The molecule has 18 heavy (non-hydrogen) atoms. The van der Waals surface area contributed by atoms with Crippen LogP contribution in [-0.2, 0) is 0 Å². The summed E-state index contributed by atoms with van der Waals surface area (Å²) in [5.74, 6) is 0.441. The molecule has 0 amide bonds. The lowest BCUT2D eigenvalue weighted by Crippen LogP contribution is -2.42. The van der Waals surface area contributed by atoms with Gasteiger partial charge in [0.2, 0.25) is 0 Å². The summed E-state index contributed by atoms with van der Waals surface area (Å²) in [7, 11) is 0. The smallest absolute Gasteiger partial charge is 0.111 e. The maximum Gasteiger partial charge on any atom is 0.111 e. The summed E-state index contributed by atoms with van der Waals surface area (Å²) in [5, 5.41) is 9.89.